The first-order valence-corrected chi connectivity index (χ1v) is 15.2. The molecule has 0 amide bonds. The molecule has 6 nitrogen and oxygen atoms in total. The van der Waals surface area contributed by atoms with Crippen LogP contribution in [0.15, 0.2) is 0 Å². The van der Waals surface area contributed by atoms with Crippen LogP contribution in [0.3, 0.4) is 0 Å². The molecule has 0 aliphatic rings. The Balaban J connectivity index is -0.000000176. The van der Waals surface area contributed by atoms with Gasteiger partial charge < -0.3 is 15.3 Å². The second-order valence-corrected chi connectivity index (χ2v) is 7.76. The molecule has 0 rings (SSSR count). The molecule has 3 radical (unpaired) electrons. The molecule has 0 bridgehead atoms. The van der Waals surface area contributed by atoms with Crippen LogP contribution in [-0.4, -0.2) is 55.8 Å². The number of aliphatic carboxylic acids is 3. The van der Waals surface area contributed by atoms with Gasteiger partial charge in [-0.05, 0) is 38.5 Å². The van der Waals surface area contributed by atoms with Gasteiger partial charge in [0.1, 0.15) is 0 Å². The second kappa shape index (κ2) is 30.2. The molecule has 32 heavy (non-hydrogen) atoms. The van der Waals surface area contributed by atoms with E-state index in [1.54, 1.807) is 22.5 Å². The van der Waals surface area contributed by atoms with Gasteiger partial charge in [0.15, 0.2) is 0 Å². The average Bonchev–Trinajstić information content (AvgIpc) is 2.77. The summed E-state index contributed by atoms with van der Waals surface area (Å²) in [6.07, 6.45) is 11.1. The van der Waals surface area contributed by atoms with E-state index in [9.17, 15) is 14.4 Å². The molecule has 0 aromatic carbocycles. The number of hydrogen-bond acceptors (Lipinski definition) is 3. The van der Waals surface area contributed by atoms with Gasteiger partial charge in [-0.25, -0.2) is 0 Å². The van der Waals surface area contributed by atoms with E-state index >= 15 is 0 Å². The Morgan fingerprint density at radius 2 is 0.719 bits per heavy atom. The van der Waals surface area contributed by atoms with E-state index in [1.165, 1.54) is 0 Å². The van der Waals surface area contributed by atoms with Crippen molar-refractivity contribution >= 4 is 40.4 Å². The van der Waals surface area contributed by atoms with Gasteiger partial charge >= 0.3 is 45.4 Å². The number of carbonyl (C=O) groups is 3. The SMILES string of the molecule is CCCCC(CC)C(=O)O.CCCCC(CC)C(=O)O.CCCCC(CC)C(=O)O.[CH3][Sn]. The first kappa shape index (κ1) is 38.5. The Morgan fingerprint density at radius 3 is 0.812 bits per heavy atom. The van der Waals surface area contributed by atoms with Crippen LogP contribution in [0.25, 0.3) is 0 Å². The van der Waals surface area contributed by atoms with E-state index < -0.39 is 17.9 Å². The molecule has 7 heteroatoms. The Hall–Kier alpha value is -0.791. The molecule has 0 aliphatic carbocycles. The van der Waals surface area contributed by atoms with Gasteiger partial charge in [-0.15, -0.1) is 0 Å². The summed E-state index contributed by atoms with van der Waals surface area (Å²) in [5, 5.41) is 25.8. The van der Waals surface area contributed by atoms with Gasteiger partial charge in [-0.1, -0.05) is 80.1 Å². The maximum atomic E-state index is 10.4. The summed E-state index contributed by atoms with van der Waals surface area (Å²) < 4.78 is 0. The molecule has 3 unspecified atom stereocenters. The monoisotopic (exact) mass is 567 g/mol. The molecular weight excluding hydrogens is 515 g/mol. The summed E-state index contributed by atoms with van der Waals surface area (Å²) in [6, 6.07) is 0. The van der Waals surface area contributed by atoms with Gasteiger partial charge in [0.2, 0.25) is 0 Å². The topological polar surface area (TPSA) is 112 Å². The van der Waals surface area contributed by atoms with Crippen LogP contribution in [0.1, 0.15) is 119 Å². The third-order valence-corrected chi connectivity index (χ3v) is 5.24. The van der Waals surface area contributed by atoms with E-state index in [2.05, 4.69) is 25.7 Å². The van der Waals surface area contributed by atoms with Crippen LogP contribution < -0.4 is 0 Å². The zero-order valence-corrected chi connectivity index (χ0v) is 24.6. The molecule has 0 fully saturated rings. The first-order valence-electron chi connectivity index (χ1n) is 12.3. The first-order chi connectivity index (χ1) is 15.2. The van der Waals surface area contributed by atoms with Crippen molar-refractivity contribution in [1.29, 1.82) is 0 Å². The summed E-state index contributed by atoms with van der Waals surface area (Å²) in [7, 11) is 0. The molecular formula is C25H51O6Sn. The molecule has 0 spiro atoms. The normalized spacial score (nSPS) is 12.4. The van der Waals surface area contributed by atoms with Crippen LogP contribution in [0.5, 0.6) is 0 Å². The third kappa shape index (κ3) is 27.2. The van der Waals surface area contributed by atoms with Gasteiger partial charge in [-0.3, -0.25) is 14.4 Å². The Labute approximate surface area is 211 Å². The standard InChI is InChI=1S/3C8H16O2.CH3.Sn/c3*1-3-5-6-7(4-2)8(9)10;;/h3*7H,3-6H2,1-2H3,(H,9,10);1H3;. The fourth-order valence-corrected chi connectivity index (χ4v) is 2.86. The van der Waals surface area contributed by atoms with Crippen molar-refractivity contribution in [3.8, 4) is 0 Å². The summed E-state index contributed by atoms with van der Waals surface area (Å²) in [5.41, 5.74) is 0. The third-order valence-electron chi connectivity index (χ3n) is 5.24. The van der Waals surface area contributed by atoms with Gasteiger partial charge in [0.05, 0.1) is 17.8 Å². The number of rotatable bonds is 15. The molecule has 0 aromatic rings. The molecule has 3 N–H and O–H groups in total. The van der Waals surface area contributed by atoms with Crippen LogP contribution in [0, 0.1) is 17.8 Å². The minimum absolute atomic E-state index is 0.111. The summed E-state index contributed by atoms with van der Waals surface area (Å²) in [5.74, 6) is -2.26. The predicted molar refractivity (Wildman–Crippen MR) is 134 cm³/mol. The number of carboxylic acids is 3. The Kier molecular flexibility index (Phi) is 36.3. The van der Waals surface area contributed by atoms with Crippen LogP contribution in [0.2, 0.25) is 4.94 Å². The number of carboxylic acid groups (broad SMARTS) is 3. The Bertz CT molecular complexity index is 367. The summed E-state index contributed by atoms with van der Waals surface area (Å²) in [4.78, 5) is 33.4. The second-order valence-electron chi connectivity index (χ2n) is 7.76. The fraction of sp³-hybridized carbons (Fsp3) is 0.880. The molecule has 0 aromatic heterocycles. The molecule has 3 atom stereocenters. The maximum absolute atomic E-state index is 10.4. The van der Waals surface area contributed by atoms with Crippen molar-refractivity contribution in [2.45, 2.75) is 124 Å². The number of unbranched alkanes of at least 4 members (excludes halogenated alkanes) is 3. The molecule has 0 heterocycles. The Morgan fingerprint density at radius 1 is 0.531 bits per heavy atom. The van der Waals surface area contributed by atoms with Crippen molar-refractivity contribution in [1.82, 2.24) is 0 Å². The van der Waals surface area contributed by atoms with Crippen LogP contribution in [0.4, 0.5) is 0 Å². The van der Waals surface area contributed by atoms with E-state index in [0.29, 0.717) is 0 Å². The van der Waals surface area contributed by atoms with Gasteiger partial charge in [-0.2, -0.15) is 0 Å². The van der Waals surface area contributed by atoms with E-state index in [0.717, 1.165) is 77.0 Å². The average molecular weight is 566 g/mol. The summed E-state index contributed by atoms with van der Waals surface area (Å²) in [6.45, 7) is 12.0. The van der Waals surface area contributed by atoms with Crippen molar-refractivity contribution in [3.05, 3.63) is 0 Å². The van der Waals surface area contributed by atoms with Crippen LogP contribution in [-0.2, 0) is 14.4 Å². The zero-order chi connectivity index (χ0) is 25.9. The molecule has 0 saturated heterocycles. The predicted octanol–water partition coefficient (Wildman–Crippen LogP) is 7.07. The van der Waals surface area contributed by atoms with Crippen molar-refractivity contribution in [2.75, 3.05) is 0 Å². The quantitative estimate of drug-likeness (QED) is 0.183. The van der Waals surface area contributed by atoms with E-state index in [4.69, 9.17) is 15.3 Å². The van der Waals surface area contributed by atoms with Crippen molar-refractivity contribution in [3.63, 3.8) is 0 Å². The molecule has 0 aliphatic heterocycles. The van der Waals surface area contributed by atoms with E-state index in [-0.39, 0.29) is 17.8 Å². The minimum atomic E-state index is -0.643. The molecule has 0 saturated carbocycles. The van der Waals surface area contributed by atoms with Crippen molar-refractivity contribution < 1.29 is 29.7 Å². The van der Waals surface area contributed by atoms with Gasteiger partial charge in [0.25, 0.3) is 0 Å². The number of hydrogen-bond donors (Lipinski definition) is 3. The fourth-order valence-electron chi connectivity index (χ4n) is 2.86. The summed E-state index contributed by atoms with van der Waals surface area (Å²) >= 11 is 1.55. The van der Waals surface area contributed by atoms with Gasteiger partial charge in [0, 0.05) is 0 Å². The van der Waals surface area contributed by atoms with E-state index in [1.807, 2.05) is 20.8 Å². The van der Waals surface area contributed by atoms with Crippen LogP contribution >= 0.6 is 0 Å². The molecule has 191 valence electrons. The van der Waals surface area contributed by atoms with Crippen molar-refractivity contribution in [2.24, 2.45) is 17.8 Å². The zero-order valence-electron chi connectivity index (χ0n) is 21.8.